The van der Waals surface area contributed by atoms with E-state index in [0.29, 0.717) is 6.42 Å². The summed E-state index contributed by atoms with van der Waals surface area (Å²) >= 11 is 3.54. The summed E-state index contributed by atoms with van der Waals surface area (Å²) in [7, 11) is 2.06. The fraction of sp³-hybridized carbons (Fsp3) is 0.462. The number of benzene rings is 1. The number of nitrogens with zero attached hydrogens (tertiary/aromatic N) is 1. The number of halogens is 1. The van der Waals surface area contributed by atoms with E-state index in [0.717, 1.165) is 24.0 Å². The summed E-state index contributed by atoms with van der Waals surface area (Å²) in [4.78, 5) is 13.0. The van der Waals surface area contributed by atoms with Crippen molar-refractivity contribution < 1.29 is 4.79 Å². The lowest BCUT2D eigenvalue weighted by atomic mass is 10.1. The topological polar surface area (TPSA) is 20.3 Å². The first-order chi connectivity index (χ1) is 7.59. The van der Waals surface area contributed by atoms with Crippen LogP contribution in [0.5, 0.6) is 0 Å². The summed E-state index contributed by atoms with van der Waals surface area (Å²) < 4.78 is 1.16. The van der Waals surface area contributed by atoms with Gasteiger partial charge in [0, 0.05) is 24.0 Å². The van der Waals surface area contributed by atoms with Crippen LogP contribution in [0.15, 0.2) is 28.7 Å². The number of ketones is 1. The summed E-state index contributed by atoms with van der Waals surface area (Å²) in [5.74, 6) is 0.257. The van der Waals surface area contributed by atoms with Gasteiger partial charge in [0.15, 0.2) is 0 Å². The number of hydrogen-bond donors (Lipinski definition) is 0. The van der Waals surface area contributed by atoms with E-state index < -0.39 is 0 Å². The first-order valence-electron chi connectivity index (χ1n) is 5.51. The van der Waals surface area contributed by atoms with Gasteiger partial charge in [0.2, 0.25) is 0 Å². The third-order valence-corrected chi connectivity index (χ3v) is 3.34. The Bertz CT molecular complexity index is 352. The smallest absolute Gasteiger partial charge is 0.131 e. The lowest BCUT2D eigenvalue weighted by molar-refractivity contribution is -0.117. The summed E-state index contributed by atoms with van der Waals surface area (Å²) in [5.41, 5.74) is 1.32. The molecular weight excluding hydrogens is 266 g/mol. The van der Waals surface area contributed by atoms with Crippen molar-refractivity contribution in [3.8, 4) is 0 Å². The van der Waals surface area contributed by atoms with E-state index in [2.05, 4.69) is 46.1 Å². The predicted molar refractivity (Wildman–Crippen MR) is 70.6 cm³/mol. The molecule has 0 fully saturated rings. The highest BCUT2D eigenvalue weighted by Crippen LogP contribution is 2.16. The molecular formula is C13H18BrNO. The Balaban J connectivity index is 2.34. The van der Waals surface area contributed by atoms with Crippen LogP contribution < -0.4 is 0 Å². The van der Waals surface area contributed by atoms with Crippen LogP contribution in [0.2, 0.25) is 0 Å². The predicted octanol–water partition coefficient (Wildman–Crippen LogP) is 2.90. The van der Waals surface area contributed by atoms with Crippen molar-refractivity contribution in [3.05, 3.63) is 34.3 Å². The highest BCUT2D eigenvalue weighted by Gasteiger charge is 2.03. The second-order valence-corrected chi connectivity index (χ2v) is 4.95. The fourth-order valence-electron chi connectivity index (χ4n) is 1.47. The molecule has 0 bridgehead atoms. The lowest BCUT2D eigenvalue weighted by Crippen LogP contribution is -2.23. The second-order valence-electron chi connectivity index (χ2n) is 4.10. The third-order valence-electron chi connectivity index (χ3n) is 2.57. The molecule has 0 radical (unpaired) electrons. The first kappa shape index (κ1) is 13.4. The molecule has 0 aliphatic carbocycles. The van der Waals surface area contributed by atoms with E-state index in [4.69, 9.17) is 0 Å². The molecule has 0 aliphatic rings. The van der Waals surface area contributed by atoms with E-state index in [1.165, 1.54) is 5.56 Å². The molecule has 0 unspecified atom stereocenters. The van der Waals surface area contributed by atoms with Crippen molar-refractivity contribution in [2.24, 2.45) is 0 Å². The first-order valence-corrected chi connectivity index (χ1v) is 6.30. The minimum absolute atomic E-state index is 0.257. The molecule has 1 rings (SSSR count). The van der Waals surface area contributed by atoms with Gasteiger partial charge in [0.05, 0.1) is 0 Å². The number of rotatable bonds is 6. The number of hydrogen-bond acceptors (Lipinski definition) is 2. The van der Waals surface area contributed by atoms with Crippen LogP contribution in [-0.2, 0) is 11.2 Å². The quantitative estimate of drug-likeness (QED) is 0.800. The number of carbonyl (C=O) groups is 1. The average Bonchev–Trinajstić information content (AvgIpc) is 2.25. The monoisotopic (exact) mass is 283 g/mol. The van der Waals surface area contributed by atoms with Crippen LogP contribution in [0.25, 0.3) is 0 Å². The summed E-state index contributed by atoms with van der Waals surface area (Å²) in [6.07, 6.45) is 1.66. The summed E-state index contributed by atoms with van der Waals surface area (Å²) in [6, 6.07) is 8.26. The van der Waals surface area contributed by atoms with E-state index in [1.54, 1.807) is 6.92 Å². The zero-order valence-corrected chi connectivity index (χ0v) is 11.5. The van der Waals surface area contributed by atoms with Crippen LogP contribution >= 0.6 is 15.9 Å². The zero-order chi connectivity index (χ0) is 12.0. The molecule has 1 aromatic carbocycles. The van der Waals surface area contributed by atoms with Crippen LogP contribution in [0.4, 0.5) is 0 Å². The van der Waals surface area contributed by atoms with Gasteiger partial charge in [0.1, 0.15) is 5.78 Å². The Morgan fingerprint density at radius 2 is 2.00 bits per heavy atom. The molecule has 0 saturated heterocycles. The fourth-order valence-corrected chi connectivity index (χ4v) is 1.96. The molecule has 0 aromatic heterocycles. The molecule has 88 valence electrons. The van der Waals surface area contributed by atoms with Crippen molar-refractivity contribution in [2.75, 3.05) is 20.1 Å². The Kier molecular flexibility index (Phi) is 5.71. The molecule has 3 heteroatoms. The Morgan fingerprint density at radius 1 is 1.31 bits per heavy atom. The summed E-state index contributed by atoms with van der Waals surface area (Å²) in [6.45, 7) is 3.47. The Labute approximate surface area is 106 Å². The van der Waals surface area contributed by atoms with Gasteiger partial charge in [-0.2, -0.15) is 0 Å². The van der Waals surface area contributed by atoms with Gasteiger partial charge >= 0.3 is 0 Å². The standard InChI is InChI=1S/C13H18BrNO/c1-11(16)7-9-15(2)10-8-12-5-3-4-6-13(12)14/h3-6H,7-10H2,1-2H3. The van der Waals surface area contributed by atoms with Gasteiger partial charge in [-0.15, -0.1) is 0 Å². The van der Waals surface area contributed by atoms with Gasteiger partial charge < -0.3 is 4.90 Å². The van der Waals surface area contributed by atoms with Crippen molar-refractivity contribution in [1.29, 1.82) is 0 Å². The number of likely N-dealkylation sites (N-methyl/N-ethyl adjacent to an activating group) is 1. The van der Waals surface area contributed by atoms with Gasteiger partial charge in [0.25, 0.3) is 0 Å². The summed E-state index contributed by atoms with van der Waals surface area (Å²) in [5, 5.41) is 0. The molecule has 0 atom stereocenters. The highest BCUT2D eigenvalue weighted by molar-refractivity contribution is 9.10. The Morgan fingerprint density at radius 3 is 2.62 bits per heavy atom. The molecule has 0 spiro atoms. The molecule has 16 heavy (non-hydrogen) atoms. The molecule has 0 amide bonds. The van der Waals surface area contributed by atoms with Crippen LogP contribution in [0.3, 0.4) is 0 Å². The maximum Gasteiger partial charge on any atom is 0.131 e. The van der Waals surface area contributed by atoms with Gasteiger partial charge in [-0.1, -0.05) is 34.1 Å². The maximum absolute atomic E-state index is 10.8. The largest absolute Gasteiger partial charge is 0.306 e. The third kappa shape index (κ3) is 4.90. The normalized spacial score (nSPS) is 10.8. The molecule has 0 heterocycles. The van der Waals surface area contributed by atoms with Crippen molar-refractivity contribution in [2.45, 2.75) is 19.8 Å². The average molecular weight is 284 g/mol. The van der Waals surface area contributed by atoms with E-state index in [1.807, 2.05) is 6.07 Å². The number of carbonyl (C=O) groups excluding carboxylic acids is 1. The van der Waals surface area contributed by atoms with E-state index >= 15 is 0 Å². The molecule has 2 nitrogen and oxygen atoms in total. The highest BCUT2D eigenvalue weighted by atomic mass is 79.9. The van der Waals surface area contributed by atoms with Crippen molar-refractivity contribution in [3.63, 3.8) is 0 Å². The van der Waals surface area contributed by atoms with E-state index in [9.17, 15) is 4.79 Å². The maximum atomic E-state index is 10.8. The second kappa shape index (κ2) is 6.81. The van der Waals surface area contributed by atoms with Gasteiger partial charge in [-0.25, -0.2) is 0 Å². The van der Waals surface area contributed by atoms with Gasteiger partial charge in [-0.05, 0) is 32.0 Å². The van der Waals surface area contributed by atoms with E-state index in [-0.39, 0.29) is 5.78 Å². The van der Waals surface area contributed by atoms with Crippen molar-refractivity contribution in [1.82, 2.24) is 4.90 Å². The molecule has 0 aliphatic heterocycles. The zero-order valence-electron chi connectivity index (χ0n) is 9.87. The van der Waals surface area contributed by atoms with Crippen LogP contribution in [0, 0.1) is 0 Å². The minimum atomic E-state index is 0.257. The van der Waals surface area contributed by atoms with Crippen LogP contribution in [0.1, 0.15) is 18.9 Å². The SMILES string of the molecule is CC(=O)CCN(C)CCc1ccccc1Br. The molecule has 0 N–H and O–H groups in total. The molecule has 0 saturated carbocycles. The minimum Gasteiger partial charge on any atom is -0.306 e. The lowest BCUT2D eigenvalue weighted by Gasteiger charge is -2.16. The number of Topliss-reactive ketones (excluding diaryl/α,β-unsaturated/α-hetero) is 1. The van der Waals surface area contributed by atoms with Gasteiger partial charge in [-0.3, -0.25) is 4.79 Å². The molecule has 1 aromatic rings. The Hall–Kier alpha value is -0.670. The van der Waals surface area contributed by atoms with Crippen molar-refractivity contribution >= 4 is 21.7 Å². The van der Waals surface area contributed by atoms with Crippen LogP contribution in [-0.4, -0.2) is 30.8 Å².